The van der Waals surface area contributed by atoms with E-state index in [0.29, 0.717) is 5.69 Å². The monoisotopic (exact) mass is 295 g/mol. The number of hydrogen-bond acceptors (Lipinski definition) is 3. The number of amides is 1. The van der Waals surface area contributed by atoms with Crippen LogP contribution in [0.25, 0.3) is 0 Å². The number of nitrogens with two attached hydrogens (primary N) is 1. The van der Waals surface area contributed by atoms with Crippen molar-refractivity contribution in [2.45, 2.75) is 39.7 Å². The highest BCUT2D eigenvalue weighted by Crippen LogP contribution is 2.12. The van der Waals surface area contributed by atoms with Crippen LogP contribution in [-0.4, -0.2) is 36.5 Å². The van der Waals surface area contributed by atoms with E-state index in [4.69, 9.17) is 5.73 Å². The number of rotatable bonds is 8. The van der Waals surface area contributed by atoms with Gasteiger partial charge in [0.1, 0.15) is 5.82 Å². The molecule has 3 N–H and O–H groups in total. The van der Waals surface area contributed by atoms with Crippen LogP contribution in [0.15, 0.2) is 18.2 Å². The molecule has 0 aliphatic rings. The summed E-state index contributed by atoms with van der Waals surface area (Å²) < 4.78 is 13.6. The van der Waals surface area contributed by atoms with Crippen LogP contribution in [0.3, 0.4) is 0 Å². The number of nitrogen functional groups attached to an aromatic ring is 1. The van der Waals surface area contributed by atoms with Crippen molar-refractivity contribution in [1.82, 2.24) is 10.2 Å². The zero-order chi connectivity index (χ0) is 15.8. The van der Waals surface area contributed by atoms with Crippen molar-refractivity contribution in [3.05, 3.63) is 29.6 Å². The molecule has 0 aliphatic carbocycles. The van der Waals surface area contributed by atoms with Crippen molar-refractivity contribution in [2.24, 2.45) is 0 Å². The molecule has 1 rings (SSSR count). The van der Waals surface area contributed by atoms with E-state index in [-0.39, 0.29) is 11.6 Å². The van der Waals surface area contributed by atoms with Gasteiger partial charge in [-0.2, -0.15) is 0 Å². The van der Waals surface area contributed by atoms with Crippen LogP contribution in [0.4, 0.5) is 10.1 Å². The van der Waals surface area contributed by atoms with Crippen LogP contribution < -0.4 is 11.1 Å². The van der Waals surface area contributed by atoms with Crippen molar-refractivity contribution in [3.63, 3.8) is 0 Å². The van der Waals surface area contributed by atoms with E-state index < -0.39 is 11.7 Å². The Kier molecular flexibility index (Phi) is 7.15. The van der Waals surface area contributed by atoms with Gasteiger partial charge in [-0.1, -0.05) is 13.8 Å². The molecule has 0 heterocycles. The third-order valence-electron chi connectivity index (χ3n) is 3.62. The molecule has 1 atom stereocenters. The van der Waals surface area contributed by atoms with E-state index in [1.807, 2.05) is 6.92 Å². The molecule has 0 radical (unpaired) electrons. The Labute approximate surface area is 126 Å². The molecule has 118 valence electrons. The smallest absolute Gasteiger partial charge is 0.254 e. The number of benzene rings is 1. The summed E-state index contributed by atoms with van der Waals surface area (Å²) in [6.45, 7) is 9.29. The minimum atomic E-state index is -0.544. The molecule has 1 aromatic rings. The molecular weight excluding hydrogens is 269 g/mol. The van der Waals surface area contributed by atoms with Gasteiger partial charge in [0.15, 0.2) is 0 Å². The van der Waals surface area contributed by atoms with Crippen molar-refractivity contribution in [3.8, 4) is 0 Å². The first-order chi connectivity index (χ1) is 9.97. The first-order valence-corrected chi connectivity index (χ1v) is 7.56. The van der Waals surface area contributed by atoms with Crippen molar-refractivity contribution >= 4 is 11.6 Å². The van der Waals surface area contributed by atoms with Gasteiger partial charge in [-0.25, -0.2) is 4.39 Å². The fourth-order valence-electron chi connectivity index (χ4n) is 2.25. The molecular formula is C16H26FN3O. The average molecular weight is 295 g/mol. The summed E-state index contributed by atoms with van der Waals surface area (Å²) in [4.78, 5) is 14.4. The summed E-state index contributed by atoms with van der Waals surface area (Å²) >= 11 is 0. The van der Waals surface area contributed by atoms with Crippen LogP contribution in [-0.2, 0) is 0 Å². The predicted octanol–water partition coefficient (Wildman–Crippen LogP) is 2.65. The molecule has 1 unspecified atom stereocenters. The highest BCUT2D eigenvalue weighted by molar-refractivity contribution is 5.95. The SMILES string of the molecule is CCN(CC)CCCC(C)NC(=O)c1cc(N)ccc1F. The maximum Gasteiger partial charge on any atom is 0.254 e. The van der Waals surface area contributed by atoms with E-state index in [9.17, 15) is 9.18 Å². The highest BCUT2D eigenvalue weighted by atomic mass is 19.1. The van der Waals surface area contributed by atoms with Gasteiger partial charge in [0.2, 0.25) is 0 Å². The number of halogens is 1. The summed E-state index contributed by atoms with van der Waals surface area (Å²) in [5, 5.41) is 2.82. The lowest BCUT2D eigenvalue weighted by Gasteiger charge is -2.20. The van der Waals surface area contributed by atoms with Gasteiger partial charge in [-0.3, -0.25) is 4.79 Å². The Morgan fingerprint density at radius 3 is 2.67 bits per heavy atom. The fourth-order valence-corrected chi connectivity index (χ4v) is 2.25. The topological polar surface area (TPSA) is 58.4 Å². The molecule has 1 amide bonds. The van der Waals surface area contributed by atoms with E-state index in [1.165, 1.54) is 18.2 Å². The van der Waals surface area contributed by atoms with E-state index >= 15 is 0 Å². The molecule has 0 aliphatic heterocycles. The largest absolute Gasteiger partial charge is 0.399 e. The van der Waals surface area contributed by atoms with Gasteiger partial charge >= 0.3 is 0 Å². The first-order valence-electron chi connectivity index (χ1n) is 7.56. The third-order valence-corrected chi connectivity index (χ3v) is 3.62. The molecule has 4 nitrogen and oxygen atoms in total. The fraction of sp³-hybridized carbons (Fsp3) is 0.562. The summed E-state index contributed by atoms with van der Waals surface area (Å²) in [6, 6.07) is 4.04. The zero-order valence-electron chi connectivity index (χ0n) is 13.2. The number of nitrogens with zero attached hydrogens (tertiary/aromatic N) is 1. The van der Waals surface area contributed by atoms with Gasteiger partial charge in [-0.05, 0) is 57.6 Å². The lowest BCUT2D eigenvalue weighted by Crippen LogP contribution is -2.34. The Balaban J connectivity index is 2.45. The third kappa shape index (κ3) is 5.71. The lowest BCUT2D eigenvalue weighted by atomic mass is 10.1. The number of anilines is 1. The maximum atomic E-state index is 13.6. The molecule has 0 bridgehead atoms. The van der Waals surface area contributed by atoms with Crippen molar-refractivity contribution in [1.29, 1.82) is 0 Å². The highest BCUT2D eigenvalue weighted by Gasteiger charge is 2.14. The summed E-state index contributed by atoms with van der Waals surface area (Å²) in [7, 11) is 0. The molecule has 21 heavy (non-hydrogen) atoms. The van der Waals surface area contributed by atoms with Gasteiger partial charge in [-0.15, -0.1) is 0 Å². The zero-order valence-corrected chi connectivity index (χ0v) is 13.2. The Bertz CT molecular complexity index is 461. The molecule has 0 fully saturated rings. The van der Waals surface area contributed by atoms with Gasteiger partial charge in [0.05, 0.1) is 5.56 Å². The standard InChI is InChI=1S/C16H26FN3O/c1-4-20(5-2)10-6-7-12(3)19-16(21)14-11-13(18)8-9-15(14)17/h8-9,11-12H,4-7,10,18H2,1-3H3,(H,19,21). The van der Waals surface area contributed by atoms with Crippen LogP contribution in [0.1, 0.15) is 44.0 Å². The number of hydrogen-bond donors (Lipinski definition) is 2. The predicted molar refractivity (Wildman–Crippen MR) is 84.8 cm³/mol. The lowest BCUT2D eigenvalue weighted by molar-refractivity contribution is 0.0933. The minimum absolute atomic E-state index is 0.00518. The quantitative estimate of drug-likeness (QED) is 0.725. The number of nitrogens with one attached hydrogen (secondary N) is 1. The van der Waals surface area contributed by atoms with Gasteiger partial charge in [0.25, 0.3) is 5.91 Å². The van der Waals surface area contributed by atoms with Crippen LogP contribution >= 0.6 is 0 Å². The Hall–Kier alpha value is -1.62. The van der Waals surface area contributed by atoms with Crippen molar-refractivity contribution in [2.75, 3.05) is 25.4 Å². The van der Waals surface area contributed by atoms with Crippen LogP contribution in [0.2, 0.25) is 0 Å². The number of carbonyl (C=O) groups excluding carboxylic acids is 1. The molecule has 1 aromatic carbocycles. The summed E-state index contributed by atoms with van der Waals surface area (Å²) in [5.41, 5.74) is 5.98. The average Bonchev–Trinajstić information content (AvgIpc) is 2.46. The van der Waals surface area contributed by atoms with Crippen LogP contribution in [0.5, 0.6) is 0 Å². The van der Waals surface area contributed by atoms with Gasteiger partial charge in [0, 0.05) is 11.7 Å². The van der Waals surface area contributed by atoms with Gasteiger partial charge < -0.3 is 16.0 Å². The second-order valence-corrected chi connectivity index (χ2v) is 5.28. The summed E-state index contributed by atoms with van der Waals surface area (Å²) in [5.74, 6) is -0.952. The normalized spacial score (nSPS) is 12.4. The molecule has 5 heteroatoms. The first kappa shape index (κ1) is 17.4. The van der Waals surface area contributed by atoms with Crippen molar-refractivity contribution < 1.29 is 9.18 Å². The van der Waals surface area contributed by atoms with E-state index in [0.717, 1.165) is 32.5 Å². The second-order valence-electron chi connectivity index (χ2n) is 5.28. The molecule has 0 aromatic heterocycles. The van der Waals surface area contributed by atoms with Crippen LogP contribution in [0, 0.1) is 5.82 Å². The molecule has 0 spiro atoms. The maximum absolute atomic E-state index is 13.6. The van der Waals surface area contributed by atoms with E-state index in [1.54, 1.807) is 0 Å². The molecule has 0 saturated heterocycles. The number of carbonyl (C=O) groups is 1. The minimum Gasteiger partial charge on any atom is -0.399 e. The van der Waals surface area contributed by atoms with E-state index in [2.05, 4.69) is 24.1 Å². The second kappa shape index (κ2) is 8.62. The molecule has 0 saturated carbocycles. The Morgan fingerprint density at radius 2 is 2.05 bits per heavy atom. The Morgan fingerprint density at radius 1 is 1.38 bits per heavy atom. The summed E-state index contributed by atoms with van der Waals surface area (Å²) in [6.07, 6.45) is 1.87.